The summed E-state index contributed by atoms with van der Waals surface area (Å²) in [5.74, 6) is 0. The van der Waals surface area contributed by atoms with Gasteiger partial charge in [-0.15, -0.1) is 0 Å². The zero-order valence-electron chi connectivity index (χ0n) is 12.7. The summed E-state index contributed by atoms with van der Waals surface area (Å²) in [6.07, 6.45) is 2.55. The molecule has 1 aliphatic rings. The van der Waals surface area contributed by atoms with Crippen LogP contribution in [0.25, 0.3) is 0 Å². The monoisotopic (exact) mass is 280 g/mol. The van der Waals surface area contributed by atoms with Gasteiger partial charge in [-0.05, 0) is 37.6 Å². The molecule has 1 heterocycles. The Morgan fingerprint density at radius 2 is 1.52 bits per heavy atom. The van der Waals surface area contributed by atoms with Crippen molar-refractivity contribution in [3.8, 4) is 0 Å². The molecule has 3 rings (SSSR count). The van der Waals surface area contributed by atoms with Crippen molar-refractivity contribution in [2.45, 2.75) is 24.9 Å². The fourth-order valence-electron chi connectivity index (χ4n) is 3.21. The Hall–Kier alpha value is -1.64. The lowest BCUT2D eigenvalue weighted by molar-refractivity contribution is 0.221. The molecule has 2 nitrogen and oxygen atoms in total. The molecule has 1 fully saturated rings. The Balaban J connectivity index is 1.83. The van der Waals surface area contributed by atoms with E-state index in [0.29, 0.717) is 6.04 Å². The van der Waals surface area contributed by atoms with E-state index in [4.69, 9.17) is 0 Å². The number of benzene rings is 2. The summed E-state index contributed by atoms with van der Waals surface area (Å²) < 4.78 is 0. The molecule has 0 spiro atoms. The van der Waals surface area contributed by atoms with Gasteiger partial charge in [-0.3, -0.25) is 0 Å². The highest BCUT2D eigenvalue weighted by Gasteiger charge is 2.22. The summed E-state index contributed by atoms with van der Waals surface area (Å²) in [6.45, 7) is 2.36. The highest BCUT2D eigenvalue weighted by molar-refractivity contribution is 5.31. The Morgan fingerprint density at radius 1 is 0.952 bits per heavy atom. The van der Waals surface area contributed by atoms with Crippen LogP contribution >= 0.6 is 0 Å². The second-order valence-corrected chi connectivity index (χ2v) is 6.02. The minimum absolute atomic E-state index is 0.281. The van der Waals surface area contributed by atoms with Crippen LogP contribution in [-0.4, -0.2) is 31.1 Å². The first-order valence-electron chi connectivity index (χ1n) is 7.87. The van der Waals surface area contributed by atoms with Gasteiger partial charge in [0.05, 0.1) is 6.04 Å². The van der Waals surface area contributed by atoms with Crippen LogP contribution in [0.2, 0.25) is 0 Å². The van der Waals surface area contributed by atoms with Gasteiger partial charge >= 0.3 is 0 Å². The van der Waals surface area contributed by atoms with Gasteiger partial charge in [-0.1, -0.05) is 60.7 Å². The van der Waals surface area contributed by atoms with Gasteiger partial charge in [-0.25, -0.2) is 0 Å². The van der Waals surface area contributed by atoms with Gasteiger partial charge in [0.2, 0.25) is 0 Å². The van der Waals surface area contributed by atoms with Crippen LogP contribution in [-0.2, 0) is 0 Å². The number of piperidine rings is 1. The molecule has 110 valence electrons. The lowest BCUT2D eigenvalue weighted by Gasteiger charge is -2.33. The second-order valence-electron chi connectivity index (χ2n) is 6.02. The highest BCUT2D eigenvalue weighted by atomic mass is 15.1. The fourth-order valence-corrected chi connectivity index (χ4v) is 3.21. The van der Waals surface area contributed by atoms with Crippen molar-refractivity contribution in [1.82, 2.24) is 10.2 Å². The van der Waals surface area contributed by atoms with E-state index in [-0.39, 0.29) is 6.04 Å². The molecule has 1 N–H and O–H groups in total. The standard InChI is InChI=1S/C19H24N2/c1-21-14-8-13-18(15-21)20-19(16-9-4-2-5-10-16)17-11-6-3-7-12-17/h2-7,9-12,18-20H,8,13-15H2,1H3/t18-/m0/s1. The zero-order valence-corrected chi connectivity index (χ0v) is 12.7. The van der Waals surface area contributed by atoms with E-state index in [1.807, 2.05) is 0 Å². The smallest absolute Gasteiger partial charge is 0.0579 e. The van der Waals surface area contributed by atoms with Crippen molar-refractivity contribution in [2.24, 2.45) is 0 Å². The molecule has 0 bridgehead atoms. The topological polar surface area (TPSA) is 15.3 Å². The Bertz CT molecular complexity index is 499. The minimum atomic E-state index is 0.281. The molecule has 1 saturated heterocycles. The fraction of sp³-hybridized carbons (Fsp3) is 0.368. The summed E-state index contributed by atoms with van der Waals surface area (Å²) in [7, 11) is 2.22. The molecule has 2 heteroatoms. The number of nitrogens with zero attached hydrogens (tertiary/aromatic N) is 1. The van der Waals surface area contributed by atoms with E-state index < -0.39 is 0 Å². The lowest BCUT2D eigenvalue weighted by atomic mass is 9.96. The van der Waals surface area contributed by atoms with Crippen molar-refractivity contribution in [3.05, 3.63) is 71.8 Å². The van der Waals surface area contributed by atoms with Crippen molar-refractivity contribution in [2.75, 3.05) is 20.1 Å². The molecule has 2 aromatic carbocycles. The summed E-state index contributed by atoms with van der Waals surface area (Å²) in [5.41, 5.74) is 2.69. The van der Waals surface area contributed by atoms with Gasteiger partial charge in [0.25, 0.3) is 0 Å². The molecule has 2 aromatic rings. The van der Waals surface area contributed by atoms with Crippen LogP contribution in [0.15, 0.2) is 60.7 Å². The van der Waals surface area contributed by atoms with Gasteiger partial charge in [0.1, 0.15) is 0 Å². The molecule has 0 aliphatic carbocycles. The Kier molecular flexibility index (Phi) is 4.69. The highest BCUT2D eigenvalue weighted by Crippen LogP contribution is 2.24. The van der Waals surface area contributed by atoms with Gasteiger partial charge in [0.15, 0.2) is 0 Å². The van der Waals surface area contributed by atoms with Crippen molar-refractivity contribution in [3.63, 3.8) is 0 Å². The van der Waals surface area contributed by atoms with E-state index in [1.165, 1.54) is 30.5 Å². The van der Waals surface area contributed by atoms with E-state index >= 15 is 0 Å². The minimum Gasteiger partial charge on any atom is -0.305 e. The van der Waals surface area contributed by atoms with Crippen molar-refractivity contribution >= 4 is 0 Å². The van der Waals surface area contributed by atoms with Crippen LogP contribution in [0.4, 0.5) is 0 Å². The third-order valence-electron chi connectivity index (χ3n) is 4.29. The molecular formula is C19H24N2. The average molecular weight is 280 g/mol. The number of nitrogens with one attached hydrogen (secondary N) is 1. The molecule has 0 unspecified atom stereocenters. The SMILES string of the molecule is CN1CCC[C@H](NC(c2ccccc2)c2ccccc2)C1. The van der Waals surface area contributed by atoms with Crippen LogP contribution < -0.4 is 5.32 Å². The maximum absolute atomic E-state index is 3.88. The summed E-state index contributed by atoms with van der Waals surface area (Å²) >= 11 is 0. The molecule has 0 saturated carbocycles. The Labute approximate surface area is 127 Å². The number of hydrogen-bond acceptors (Lipinski definition) is 2. The predicted molar refractivity (Wildman–Crippen MR) is 88.4 cm³/mol. The maximum atomic E-state index is 3.88. The van der Waals surface area contributed by atoms with Crippen LogP contribution in [0.1, 0.15) is 30.0 Å². The van der Waals surface area contributed by atoms with E-state index in [2.05, 4.69) is 77.9 Å². The van der Waals surface area contributed by atoms with E-state index in [1.54, 1.807) is 0 Å². The molecule has 1 atom stereocenters. The average Bonchev–Trinajstić information content (AvgIpc) is 2.54. The number of likely N-dealkylation sites (tertiary alicyclic amines) is 1. The van der Waals surface area contributed by atoms with Crippen LogP contribution in [0.5, 0.6) is 0 Å². The molecule has 0 aromatic heterocycles. The third kappa shape index (κ3) is 3.72. The lowest BCUT2D eigenvalue weighted by Crippen LogP contribution is -2.45. The first-order valence-corrected chi connectivity index (χ1v) is 7.87. The summed E-state index contributed by atoms with van der Waals surface area (Å²) in [6, 6.07) is 22.4. The molecule has 1 aliphatic heterocycles. The van der Waals surface area contributed by atoms with Crippen molar-refractivity contribution in [1.29, 1.82) is 0 Å². The van der Waals surface area contributed by atoms with E-state index in [9.17, 15) is 0 Å². The molecule has 21 heavy (non-hydrogen) atoms. The van der Waals surface area contributed by atoms with Gasteiger partial charge in [0, 0.05) is 12.6 Å². The number of rotatable bonds is 4. The number of hydrogen-bond donors (Lipinski definition) is 1. The third-order valence-corrected chi connectivity index (χ3v) is 4.29. The maximum Gasteiger partial charge on any atom is 0.0579 e. The predicted octanol–water partition coefficient (Wildman–Crippen LogP) is 3.46. The van der Waals surface area contributed by atoms with Crippen LogP contribution in [0, 0.1) is 0 Å². The normalized spacial score (nSPS) is 19.8. The summed E-state index contributed by atoms with van der Waals surface area (Å²) in [4.78, 5) is 2.42. The Morgan fingerprint density at radius 3 is 2.05 bits per heavy atom. The quantitative estimate of drug-likeness (QED) is 0.922. The number of likely N-dealkylation sites (N-methyl/N-ethyl adjacent to an activating group) is 1. The first-order chi connectivity index (χ1) is 10.3. The van der Waals surface area contributed by atoms with Gasteiger partial charge < -0.3 is 10.2 Å². The summed E-state index contributed by atoms with van der Waals surface area (Å²) in [5, 5.41) is 3.88. The molecule has 0 radical (unpaired) electrons. The zero-order chi connectivity index (χ0) is 14.5. The van der Waals surface area contributed by atoms with Gasteiger partial charge in [-0.2, -0.15) is 0 Å². The second kappa shape index (κ2) is 6.88. The van der Waals surface area contributed by atoms with E-state index in [0.717, 1.165) is 6.54 Å². The van der Waals surface area contributed by atoms with Crippen molar-refractivity contribution < 1.29 is 0 Å². The largest absolute Gasteiger partial charge is 0.305 e. The molecular weight excluding hydrogens is 256 g/mol. The first kappa shape index (κ1) is 14.3. The van der Waals surface area contributed by atoms with Crippen LogP contribution in [0.3, 0.4) is 0 Å². The molecule has 0 amide bonds.